The van der Waals surface area contributed by atoms with Gasteiger partial charge in [0.25, 0.3) is 0 Å². The van der Waals surface area contributed by atoms with E-state index in [1.165, 1.54) is 22.3 Å². The Morgan fingerprint density at radius 2 is 1.96 bits per heavy atom. The fraction of sp³-hybridized carbons (Fsp3) is 0.391. The van der Waals surface area contributed by atoms with Crippen molar-refractivity contribution in [3.05, 3.63) is 53.6 Å². The molecule has 146 valence electrons. The lowest BCUT2D eigenvalue weighted by molar-refractivity contribution is -0.137. The molecule has 2 aliphatic rings. The average molecular weight is 378 g/mol. The number of nitrogens with zero attached hydrogens (tertiary/aromatic N) is 2. The highest BCUT2D eigenvalue weighted by Crippen LogP contribution is 2.39. The van der Waals surface area contributed by atoms with Crippen molar-refractivity contribution in [3.63, 3.8) is 0 Å². The fourth-order valence-electron chi connectivity index (χ4n) is 4.28. The van der Waals surface area contributed by atoms with Gasteiger partial charge in [0.1, 0.15) is 0 Å². The molecule has 2 atom stereocenters. The van der Waals surface area contributed by atoms with Gasteiger partial charge in [-0.25, -0.2) is 0 Å². The van der Waals surface area contributed by atoms with Gasteiger partial charge in [0.05, 0.1) is 18.6 Å². The molecule has 1 fully saturated rings. The van der Waals surface area contributed by atoms with Crippen LogP contribution in [0.2, 0.25) is 0 Å². The van der Waals surface area contributed by atoms with Gasteiger partial charge >= 0.3 is 0 Å². The van der Waals surface area contributed by atoms with Gasteiger partial charge in [0.15, 0.2) is 0 Å². The van der Waals surface area contributed by atoms with Crippen LogP contribution in [0.5, 0.6) is 0 Å². The highest BCUT2D eigenvalue weighted by Gasteiger charge is 2.37. The zero-order chi connectivity index (χ0) is 19.8. The zero-order valence-corrected chi connectivity index (χ0v) is 16.6. The summed E-state index contributed by atoms with van der Waals surface area (Å²) in [5.74, 6) is -0.280. The Kier molecular flexibility index (Phi) is 4.94. The fourth-order valence-corrected chi connectivity index (χ4v) is 4.28. The van der Waals surface area contributed by atoms with Crippen molar-refractivity contribution in [1.29, 1.82) is 0 Å². The predicted molar refractivity (Wildman–Crippen MR) is 109 cm³/mol. The number of hydrogen-bond donors (Lipinski definition) is 0. The molecule has 2 amide bonds. The van der Waals surface area contributed by atoms with Crippen molar-refractivity contribution >= 4 is 17.5 Å². The van der Waals surface area contributed by atoms with Crippen LogP contribution >= 0.6 is 0 Å². The Bertz CT molecular complexity index is 924. The Morgan fingerprint density at radius 1 is 1.21 bits per heavy atom. The molecule has 0 spiro atoms. The first-order chi connectivity index (χ1) is 13.5. The van der Waals surface area contributed by atoms with Crippen molar-refractivity contribution in [2.45, 2.75) is 25.8 Å². The summed E-state index contributed by atoms with van der Waals surface area (Å²) in [7, 11) is 3.41. The number of fused-ring (bicyclic) bond motifs is 3. The lowest BCUT2D eigenvalue weighted by Gasteiger charge is -2.27. The molecule has 1 aliphatic heterocycles. The smallest absolute Gasteiger partial charge is 0.228 e. The van der Waals surface area contributed by atoms with Crippen molar-refractivity contribution < 1.29 is 14.3 Å². The van der Waals surface area contributed by atoms with Gasteiger partial charge in [-0.05, 0) is 47.7 Å². The summed E-state index contributed by atoms with van der Waals surface area (Å²) < 4.78 is 5.15. The average Bonchev–Trinajstić information content (AvgIpc) is 3.26. The van der Waals surface area contributed by atoms with Gasteiger partial charge in [-0.1, -0.05) is 30.3 Å². The Balaban J connectivity index is 1.51. The van der Waals surface area contributed by atoms with Crippen molar-refractivity contribution in [3.8, 4) is 11.1 Å². The number of carbonyl (C=O) groups is 2. The number of methoxy groups -OCH3 is 1. The van der Waals surface area contributed by atoms with Crippen LogP contribution in [0.4, 0.5) is 5.69 Å². The maximum absolute atomic E-state index is 12.8. The SMILES string of the molecule is COC[C@@H](C)N(C)C(=O)[C@@H]1CC(=O)N(c2ccc3c(c2)Cc2ccccc2-3)C1. The van der Waals surface area contributed by atoms with Crippen LogP contribution in [0.1, 0.15) is 24.5 Å². The molecule has 2 aromatic rings. The topological polar surface area (TPSA) is 49.9 Å². The van der Waals surface area contributed by atoms with E-state index in [-0.39, 0.29) is 30.2 Å². The maximum Gasteiger partial charge on any atom is 0.228 e. The van der Waals surface area contributed by atoms with Gasteiger partial charge in [0.2, 0.25) is 11.8 Å². The second kappa shape index (κ2) is 7.40. The molecule has 1 aliphatic carbocycles. The third kappa shape index (κ3) is 3.20. The third-order valence-corrected chi connectivity index (χ3v) is 5.98. The normalized spacial score (nSPS) is 18.8. The molecular weight excluding hydrogens is 352 g/mol. The van der Waals surface area contributed by atoms with E-state index in [2.05, 4.69) is 36.4 Å². The summed E-state index contributed by atoms with van der Waals surface area (Å²) in [4.78, 5) is 28.9. The number of hydrogen-bond acceptors (Lipinski definition) is 3. The van der Waals surface area contributed by atoms with E-state index in [1.807, 2.05) is 13.0 Å². The third-order valence-electron chi connectivity index (χ3n) is 5.98. The van der Waals surface area contributed by atoms with E-state index >= 15 is 0 Å². The molecule has 0 N–H and O–H groups in total. The Hall–Kier alpha value is -2.66. The summed E-state index contributed by atoms with van der Waals surface area (Å²) in [5, 5.41) is 0. The summed E-state index contributed by atoms with van der Waals surface area (Å²) in [6.45, 7) is 2.87. The van der Waals surface area contributed by atoms with Gasteiger partial charge < -0.3 is 14.5 Å². The van der Waals surface area contributed by atoms with E-state index in [1.54, 1.807) is 24.0 Å². The van der Waals surface area contributed by atoms with Crippen LogP contribution in [0.25, 0.3) is 11.1 Å². The van der Waals surface area contributed by atoms with Crippen molar-refractivity contribution in [2.75, 3.05) is 32.2 Å². The van der Waals surface area contributed by atoms with E-state index in [0.717, 1.165) is 12.1 Å². The highest BCUT2D eigenvalue weighted by molar-refractivity contribution is 6.00. The summed E-state index contributed by atoms with van der Waals surface area (Å²) in [6.07, 6.45) is 1.15. The summed E-state index contributed by atoms with van der Waals surface area (Å²) >= 11 is 0. The first-order valence-corrected chi connectivity index (χ1v) is 9.76. The van der Waals surface area contributed by atoms with Crippen LogP contribution in [-0.4, -0.2) is 50.1 Å². The predicted octanol–water partition coefficient (Wildman–Crippen LogP) is 3.10. The van der Waals surface area contributed by atoms with Crippen molar-refractivity contribution in [1.82, 2.24) is 4.90 Å². The van der Waals surface area contributed by atoms with E-state index in [0.29, 0.717) is 13.2 Å². The molecule has 1 saturated heterocycles. The van der Waals surface area contributed by atoms with Crippen LogP contribution < -0.4 is 4.90 Å². The summed E-state index contributed by atoms with van der Waals surface area (Å²) in [5.41, 5.74) is 5.97. The van der Waals surface area contributed by atoms with Crippen LogP contribution in [0, 0.1) is 5.92 Å². The zero-order valence-electron chi connectivity index (χ0n) is 16.6. The maximum atomic E-state index is 12.8. The number of rotatable bonds is 5. The standard InChI is InChI=1S/C23H26N2O3/c1-15(14-28-3)24(2)23(27)18-12-22(26)25(13-18)19-8-9-21-17(11-19)10-16-6-4-5-7-20(16)21/h4-9,11,15,18H,10,12-14H2,1-3H3/t15-,18-/m1/s1. The number of benzene rings is 2. The minimum Gasteiger partial charge on any atom is -0.383 e. The largest absolute Gasteiger partial charge is 0.383 e. The van der Waals surface area contributed by atoms with Gasteiger partial charge in [-0.3, -0.25) is 9.59 Å². The van der Waals surface area contributed by atoms with Crippen LogP contribution in [0.3, 0.4) is 0 Å². The number of amides is 2. The second-order valence-electron chi connectivity index (χ2n) is 7.83. The van der Waals surface area contributed by atoms with Crippen molar-refractivity contribution in [2.24, 2.45) is 5.92 Å². The minimum atomic E-state index is -0.303. The van der Waals surface area contributed by atoms with Crippen LogP contribution in [0.15, 0.2) is 42.5 Å². The van der Waals surface area contributed by atoms with Gasteiger partial charge in [-0.15, -0.1) is 0 Å². The first kappa shape index (κ1) is 18.7. The quantitative estimate of drug-likeness (QED) is 0.685. The molecule has 28 heavy (non-hydrogen) atoms. The Labute approximate surface area is 165 Å². The molecule has 0 bridgehead atoms. The monoisotopic (exact) mass is 378 g/mol. The molecule has 4 rings (SSSR count). The lowest BCUT2D eigenvalue weighted by atomic mass is 10.1. The molecule has 5 heteroatoms. The number of anilines is 1. The first-order valence-electron chi connectivity index (χ1n) is 9.76. The lowest BCUT2D eigenvalue weighted by Crippen LogP contribution is -2.42. The van der Waals surface area contributed by atoms with E-state index < -0.39 is 0 Å². The van der Waals surface area contributed by atoms with Gasteiger partial charge in [-0.2, -0.15) is 0 Å². The number of ether oxygens (including phenoxy) is 1. The van der Waals surface area contributed by atoms with E-state index in [9.17, 15) is 9.59 Å². The molecule has 0 saturated carbocycles. The molecule has 0 radical (unpaired) electrons. The number of likely N-dealkylation sites (N-methyl/N-ethyl adjacent to an activating group) is 1. The molecular formula is C23H26N2O3. The minimum absolute atomic E-state index is 0.00830. The molecule has 2 aromatic carbocycles. The van der Waals surface area contributed by atoms with E-state index in [4.69, 9.17) is 4.74 Å². The van der Waals surface area contributed by atoms with Crippen LogP contribution in [-0.2, 0) is 20.7 Å². The van der Waals surface area contributed by atoms with Gasteiger partial charge in [0, 0.05) is 32.8 Å². The molecule has 5 nitrogen and oxygen atoms in total. The highest BCUT2D eigenvalue weighted by atomic mass is 16.5. The molecule has 1 heterocycles. The second-order valence-corrected chi connectivity index (χ2v) is 7.83. The Morgan fingerprint density at radius 3 is 2.75 bits per heavy atom. The molecule has 0 aromatic heterocycles. The number of carbonyl (C=O) groups excluding carboxylic acids is 2. The molecule has 0 unspecified atom stereocenters. The summed E-state index contributed by atoms with van der Waals surface area (Å²) in [6, 6.07) is 14.6.